The predicted octanol–water partition coefficient (Wildman–Crippen LogP) is 2.76. The molecule has 0 fully saturated rings. The van der Waals surface area contributed by atoms with Gasteiger partial charge in [0, 0.05) is 43.4 Å². The quantitative estimate of drug-likeness (QED) is 0.705. The fraction of sp³-hybridized carbons (Fsp3) is 0.227. The Morgan fingerprint density at radius 1 is 1.23 bits per heavy atom. The van der Waals surface area contributed by atoms with Crippen LogP contribution in [0.4, 0.5) is 8.78 Å². The summed E-state index contributed by atoms with van der Waals surface area (Å²) in [6, 6.07) is 10.4. The molecule has 0 aliphatic carbocycles. The number of hydrogen-bond donors (Lipinski definition) is 1. The molecule has 8 heteroatoms. The van der Waals surface area contributed by atoms with E-state index >= 15 is 0 Å². The lowest BCUT2D eigenvalue weighted by Crippen LogP contribution is -2.42. The van der Waals surface area contributed by atoms with Crippen LogP contribution in [0.25, 0.3) is 11.3 Å². The molecule has 1 aromatic heterocycles. The Morgan fingerprint density at radius 3 is 2.63 bits per heavy atom. The first-order valence-electron chi connectivity index (χ1n) is 9.42. The Kier molecular flexibility index (Phi) is 5.06. The van der Waals surface area contributed by atoms with Gasteiger partial charge in [-0.25, -0.2) is 8.78 Å². The van der Waals surface area contributed by atoms with Crippen LogP contribution in [-0.2, 0) is 20.0 Å². The van der Waals surface area contributed by atoms with Gasteiger partial charge in [-0.1, -0.05) is 6.07 Å². The molecule has 152 valence electrons. The van der Waals surface area contributed by atoms with Crippen LogP contribution in [0.1, 0.15) is 27.0 Å². The molecule has 0 saturated carbocycles. The fourth-order valence-corrected chi connectivity index (χ4v) is 3.97. The van der Waals surface area contributed by atoms with Crippen molar-refractivity contribution in [3.8, 4) is 17.3 Å². The Morgan fingerprint density at radius 2 is 1.97 bits per heavy atom. The molecule has 0 spiro atoms. The van der Waals surface area contributed by atoms with Gasteiger partial charge in [0.15, 0.2) is 0 Å². The molecule has 1 aliphatic heterocycles. The van der Waals surface area contributed by atoms with Gasteiger partial charge in [-0.05, 0) is 41.8 Å². The van der Waals surface area contributed by atoms with Gasteiger partial charge in [0.2, 0.25) is 0 Å². The lowest BCUT2D eigenvalue weighted by Gasteiger charge is -2.26. The number of benzene rings is 2. The standard InChI is InChI=1S/C22H19F2N5O/c1-28-21(16(9-25)11-27-28)14-2-3-20-15(7-14)12-29(22(20)30)19(10-26)6-13-4-17(23)8-18(24)5-13/h2-5,7-8,11,19H,6,10,12,26H2,1H3/t19-/m0/s1. The van der Waals surface area contributed by atoms with Gasteiger partial charge >= 0.3 is 0 Å². The van der Waals surface area contributed by atoms with E-state index < -0.39 is 17.7 Å². The molecule has 30 heavy (non-hydrogen) atoms. The zero-order valence-electron chi connectivity index (χ0n) is 16.3. The largest absolute Gasteiger partial charge is 0.330 e. The molecule has 1 atom stereocenters. The van der Waals surface area contributed by atoms with E-state index in [1.54, 1.807) is 28.8 Å². The highest BCUT2D eigenvalue weighted by Gasteiger charge is 2.32. The van der Waals surface area contributed by atoms with Crippen LogP contribution in [0.2, 0.25) is 0 Å². The monoisotopic (exact) mass is 407 g/mol. The van der Waals surface area contributed by atoms with Crippen molar-refractivity contribution in [2.75, 3.05) is 6.54 Å². The van der Waals surface area contributed by atoms with E-state index in [4.69, 9.17) is 5.73 Å². The van der Waals surface area contributed by atoms with Crippen molar-refractivity contribution in [2.24, 2.45) is 12.8 Å². The molecule has 0 saturated heterocycles. The molecule has 6 nitrogen and oxygen atoms in total. The number of nitriles is 1. The third-order valence-electron chi connectivity index (χ3n) is 5.38. The van der Waals surface area contributed by atoms with Crippen LogP contribution in [0.15, 0.2) is 42.6 Å². The number of nitrogens with zero attached hydrogens (tertiary/aromatic N) is 4. The van der Waals surface area contributed by atoms with Crippen molar-refractivity contribution in [1.82, 2.24) is 14.7 Å². The maximum Gasteiger partial charge on any atom is 0.254 e. The van der Waals surface area contributed by atoms with Crippen LogP contribution in [0, 0.1) is 23.0 Å². The van der Waals surface area contributed by atoms with Gasteiger partial charge in [-0.3, -0.25) is 9.48 Å². The molecule has 0 bridgehead atoms. The average molecular weight is 407 g/mol. The zero-order valence-corrected chi connectivity index (χ0v) is 16.3. The Labute approximate surface area is 172 Å². The van der Waals surface area contributed by atoms with Crippen molar-refractivity contribution < 1.29 is 13.6 Å². The third kappa shape index (κ3) is 3.44. The van der Waals surface area contributed by atoms with Crippen LogP contribution < -0.4 is 5.73 Å². The van der Waals surface area contributed by atoms with E-state index in [1.807, 2.05) is 6.07 Å². The van der Waals surface area contributed by atoms with E-state index in [1.165, 1.54) is 18.3 Å². The highest BCUT2D eigenvalue weighted by molar-refractivity contribution is 5.99. The number of hydrogen-bond acceptors (Lipinski definition) is 4. The third-order valence-corrected chi connectivity index (χ3v) is 5.38. The first kappa shape index (κ1) is 19.7. The Bertz CT molecular complexity index is 1160. The van der Waals surface area contributed by atoms with Gasteiger partial charge in [0.25, 0.3) is 5.91 Å². The number of amides is 1. The highest BCUT2D eigenvalue weighted by Crippen LogP contribution is 2.31. The van der Waals surface area contributed by atoms with Crippen molar-refractivity contribution in [3.63, 3.8) is 0 Å². The van der Waals surface area contributed by atoms with Crippen LogP contribution >= 0.6 is 0 Å². The van der Waals surface area contributed by atoms with Gasteiger partial charge in [0.1, 0.15) is 17.7 Å². The van der Waals surface area contributed by atoms with Crippen LogP contribution in [-0.4, -0.2) is 33.2 Å². The Balaban J connectivity index is 1.62. The number of halogens is 2. The SMILES string of the molecule is Cn1ncc(C#N)c1-c1ccc2c(c1)CN([C@H](CN)Cc1cc(F)cc(F)c1)C2=O. The number of nitrogens with two attached hydrogens (primary N) is 1. The molecule has 1 aliphatic rings. The molecule has 3 aromatic rings. The number of aromatic nitrogens is 2. The van der Waals surface area contributed by atoms with E-state index in [0.717, 1.165) is 17.2 Å². The van der Waals surface area contributed by atoms with Crippen LogP contribution in [0.5, 0.6) is 0 Å². The first-order valence-corrected chi connectivity index (χ1v) is 9.42. The molecule has 1 amide bonds. The summed E-state index contributed by atoms with van der Waals surface area (Å²) in [5.74, 6) is -1.49. The first-order chi connectivity index (χ1) is 14.4. The van der Waals surface area contributed by atoms with Crippen molar-refractivity contribution >= 4 is 5.91 Å². The highest BCUT2D eigenvalue weighted by atomic mass is 19.1. The lowest BCUT2D eigenvalue weighted by atomic mass is 10.0. The summed E-state index contributed by atoms with van der Waals surface area (Å²) < 4.78 is 28.7. The van der Waals surface area contributed by atoms with Gasteiger partial charge < -0.3 is 10.6 Å². The molecule has 2 heterocycles. The minimum Gasteiger partial charge on any atom is -0.330 e. The summed E-state index contributed by atoms with van der Waals surface area (Å²) >= 11 is 0. The molecular formula is C22H19F2N5O. The summed E-state index contributed by atoms with van der Waals surface area (Å²) in [6.07, 6.45) is 1.75. The topological polar surface area (TPSA) is 87.9 Å². The number of carbonyl (C=O) groups is 1. The zero-order chi connectivity index (χ0) is 21.4. The second-order valence-corrected chi connectivity index (χ2v) is 7.32. The smallest absolute Gasteiger partial charge is 0.254 e. The molecule has 2 N–H and O–H groups in total. The second-order valence-electron chi connectivity index (χ2n) is 7.32. The summed E-state index contributed by atoms with van der Waals surface area (Å²) in [4.78, 5) is 14.6. The summed E-state index contributed by atoms with van der Waals surface area (Å²) in [6.45, 7) is 0.492. The second kappa shape index (κ2) is 7.69. The van der Waals surface area contributed by atoms with Crippen molar-refractivity contribution in [2.45, 2.75) is 19.0 Å². The number of carbonyl (C=O) groups excluding carboxylic acids is 1. The van der Waals surface area contributed by atoms with Crippen LogP contribution in [0.3, 0.4) is 0 Å². The van der Waals surface area contributed by atoms with E-state index in [-0.39, 0.29) is 18.9 Å². The normalized spacial score (nSPS) is 14.0. The maximum atomic E-state index is 13.5. The maximum absolute atomic E-state index is 13.5. The molecule has 4 rings (SSSR count). The summed E-state index contributed by atoms with van der Waals surface area (Å²) in [5.41, 5.74) is 9.64. The van der Waals surface area contributed by atoms with E-state index in [0.29, 0.717) is 28.9 Å². The average Bonchev–Trinajstić information content (AvgIpc) is 3.24. The van der Waals surface area contributed by atoms with Crippen molar-refractivity contribution in [3.05, 3.63) is 76.5 Å². The fourth-order valence-electron chi connectivity index (χ4n) is 3.97. The van der Waals surface area contributed by atoms with Gasteiger partial charge in [-0.2, -0.15) is 10.4 Å². The van der Waals surface area contributed by atoms with E-state index in [2.05, 4.69) is 11.2 Å². The molecule has 2 aromatic carbocycles. The summed E-state index contributed by atoms with van der Waals surface area (Å²) in [5, 5.41) is 13.5. The minimum absolute atomic E-state index is 0.158. The number of fused-ring (bicyclic) bond motifs is 1. The molecule has 0 unspecified atom stereocenters. The summed E-state index contributed by atoms with van der Waals surface area (Å²) in [7, 11) is 1.75. The van der Waals surface area contributed by atoms with E-state index in [9.17, 15) is 18.8 Å². The lowest BCUT2D eigenvalue weighted by molar-refractivity contribution is 0.0708. The molecule has 0 radical (unpaired) electrons. The predicted molar refractivity (Wildman–Crippen MR) is 106 cm³/mol. The number of rotatable bonds is 5. The van der Waals surface area contributed by atoms with Gasteiger partial charge in [-0.15, -0.1) is 0 Å². The molecular weight excluding hydrogens is 388 g/mol. The number of aryl methyl sites for hydroxylation is 1. The minimum atomic E-state index is -0.661. The Hall–Kier alpha value is -3.57. The van der Waals surface area contributed by atoms with Gasteiger partial charge in [0.05, 0.1) is 17.5 Å². The van der Waals surface area contributed by atoms with Crippen molar-refractivity contribution in [1.29, 1.82) is 5.26 Å².